The summed E-state index contributed by atoms with van der Waals surface area (Å²) in [5, 5.41) is 1.74. The van der Waals surface area contributed by atoms with E-state index in [2.05, 4.69) is 4.98 Å². The molecule has 2 aromatic carbocycles. The molecule has 0 atom stereocenters. The van der Waals surface area contributed by atoms with Crippen LogP contribution in [0.1, 0.15) is 10.6 Å². The topological polar surface area (TPSA) is 48.1 Å². The van der Waals surface area contributed by atoms with Gasteiger partial charge in [-0.3, -0.25) is 0 Å². The number of ether oxygens (including phenoxy) is 1. The van der Waals surface area contributed by atoms with Gasteiger partial charge in [0.15, 0.2) is 0 Å². The molecular weight excluding hydrogens is 292 g/mol. The lowest BCUT2D eigenvalue weighted by Crippen LogP contribution is -1.98. The molecule has 0 amide bonds. The molecule has 0 radical (unpaired) electrons. The first-order valence-corrected chi connectivity index (χ1v) is 7.35. The number of anilines is 1. The van der Waals surface area contributed by atoms with Crippen molar-refractivity contribution in [1.29, 1.82) is 0 Å². The molecule has 3 aromatic rings. The van der Waals surface area contributed by atoms with Gasteiger partial charge in [-0.1, -0.05) is 23.7 Å². The van der Waals surface area contributed by atoms with E-state index in [0.717, 1.165) is 20.8 Å². The number of fused-ring (bicyclic) bond motifs is 1. The minimum atomic E-state index is 0.454. The normalized spacial score (nSPS) is 10.9. The van der Waals surface area contributed by atoms with Gasteiger partial charge in [0.05, 0.1) is 20.9 Å². The minimum absolute atomic E-state index is 0.454. The summed E-state index contributed by atoms with van der Waals surface area (Å²) in [5.41, 5.74) is 8.62. The van der Waals surface area contributed by atoms with Gasteiger partial charge in [-0.2, -0.15) is 0 Å². The second kappa shape index (κ2) is 5.31. The first kappa shape index (κ1) is 13.2. The van der Waals surface area contributed by atoms with Crippen LogP contribution < -0.4 is 10.5 Å². The zero-order valence-corrected chi connectivity index (χ0v) is 12.5. The second-order valence-corrected chi connectivity index (χ2v) is 6.18. The maximum Gasteiger partial charge on any atom is 0.144 e. The standard InChI is InChI=1S/C15H13ClN2OS/c1-9-18-13-7-14(12(17)6-15(13)20-9)19-8-10-2-4-11(16)5-3-10/h2-7H,8,17H2,1H3. The molecule has 0 unspecified atom stereocenters. The van der Waals surface area contributed by atoms with Crippen molar-refractivity contribution >= 4 is 38.8 Å². The van der Waals surface area contributed by atoms with Crippen LogP contribution in [0.15, 0.2) is 36.4 Å². The summed E-state index contributed by atoms with van der Waals surface area (Å²) in [6, 6.07) is 11.4. The Morgan fingerprint density at radius 2 is 2.00 bits per heavy atom. The molecule has 3 rings (SSSR count). The number of nitrogens with two attached hydrogens (primary N) is 1. The monoisotopic (exact) mass is 304 g/mol. The zero-order chi connectivity index (χ0) is 14.1. The Kier molecular flexibility index (Phi) is 3.51. The first-order chi connectivity index (χ1) is 9.61. The number of nitrogens with zero attached hydrogens (tertiary/aromatic N) is 1. The molecule has 0 aliphatic carbocycles. The summed E-state index contributed by atoms with van der Waals surface area (Å²) >= 11 is 7.48. The van der Waals surface area contributed by atoms with E-state index in [9.17, 15) is 0 Å². The fourth-order valence-corrected chi connectivity index (χ4v) is 2.94. The van der Waals surface area contributed by atoms with Crippen molar-refractivity contribution in [2.75, 3.05) is 5.73 Å². The van der Waals surface area contributed by atoms with E-state index in [1.54, 1.807) is 11.3 Å². The number of nitrogen functional groups attached to an aromatic ring is 1. The molecule has 0 aliphatic heterocycles. The molecule has 1 aromatic heterocycles. The summed E-state index contributed by atoms with van der Waals surface area (Å²) in [6.45, 7) is 2.44. The SMILES string of the molecule is Cc1nc2cc(OCc3ccc(Cl)cc3)c(N)cc2s1. The Balaban J connectivity index is 1.83. The number of benzene rings is 2. The van der Waals surface area contributed by atoms with Crippen LogP contribution in [0.25, 0.3) is 10.2 Å². The molecule has 1 heterocycles. The third-order valence-corrected chi connectivity index (χ3v) is 4.12. The van der Waals surface area contributed by atoms with Crippen LogP contribution >= 0.6 is 22.9 Å². The van der Waals surface area contributed by atoms with Crippen LogP contribution in [-0.2, 0) is 6.61 Å². The average Bonchev–Trinajstić information content (AvgIpc) is 2.77. The third kappa shape index (κ3) is 2.71. The van der Waals surface area contributed by atoms with E-state index in [0.29, 0.717) is 23.1 Å². The number of thiazole rings is 1. The summed E-state index contributed by atoms with van der Waals surface area (Å²) in [6.07, 6.45) is 0. The molecular formula is C15H13ClN2OS. The molecule has 0 saturated heterocycles. The number of aryl methyl sites for hydroxylation is 1. The van der Waals surface area contributed by atoms with Crippen molar-refractivity contribution in [2.24, 2.45) is 0 Å². The molecule has 0 bridgehead atoms. The number of rotatable bonds is 3. The predicted molar refractivity (Wildman–Crippen MR) is 84.6 cm³/mol. The Bertz CT molecular complexity index is 752. The molecule has 20 heavy (non-hydrogen) atoms. The minimum Gasteiger partial charge on any atom is -0.487 e. The maximum atomic E-state index is 6.02. The molecule has 5 heteroatoms. The molecule has 0 spiro atoms. The maximum absolute atomic E-state index is 6.02. The number of hydrogen-bond acceptors (Lipinski definition) is 4. The fourth-order valence-electron chi connectivity index (χ4n) is 1.95. The Morgan fingerprint density at radius 3 is 2.75 bits per heavy atom. The van der Waals surface area contributed by atoms with Gasteiger partial charge in [-0.05, 0) is 30.7 Å². The molecule has 3 nitrogen and oxygen atoms in total. The molecule has 0 aliphatic rings. The van der Waals surface area contributed by atoms with E-state index < -0.39 is 0 Å². The lowest BCUT2D eigenvalue weighted by Gasteiger charge is -2.09. The van der Waals surface area contributed by atoms with Crippen LogP contribution in [-0.4, -0.2) is 4.98 Å². The fraction of sp³-hybridized carbons (Fsp3) is 0.133. The van der Waals surface area contributed by atoms with Crippen LogP contribution in [0, 0.1) is 6.92 Å². The van der Waals surface area contributed by atoms with Crippen molar-refractivity contribution in [1.82, 2.24) is 4.98 Å². The van der Waals surface area contributed by atoms with Gasteiger partial charge >= 0.3 is 0 Å². The van der Waals surface area contributed by atoms with Crippen molar-refractivity contribution in [3.8, 4) is 5.75 Å². The number of aromatic nitrogens is 1. The van der Waals surface area contributed by atoms with Crippen molar-refractivity contribution < 1.29 is 4.74 Å². The van der Waals surface area contributed by atoms with Gasteiger partial charge in [-0.25, -0.2) is 4.98 Å². The van der Waals surface area contributed by atoms with E-state index >= 15 is 0 Å². The van der Waals surface area contributed by atoms with E-state index in [-0.39, 0.29) is 0 Å². The molecule has 102 valence electrons. The van der Waals surface area contributed by atoms with E-state index in [1.165, 1.54) is 0 Å². The van der Waals surface area contributed by atoms with E-state index in [4.69, 9.17) is 22.1 Å². The lowest BCUT2D eigenvalue weighted by atomic mass is 10.2. The predicted octanol–water partition coefficient (Wildman–Crippen LogP) is 4.42. The highest BCUT2D eigenvalue weighted by molar-refractivity contribution is 7.18. The van der Waals surface area contributed by atoms with Crippen molar-refractivity contribution in [3.05, 3.63) is 52.0 Å². The van der Waals surface area contributed by atoms with Crippen LogP contribution in [0.2, 0.25) is 5.02 Å². The van der Waals surface area contributed by atoms with Crippen LogP contribution in [0.3, 0.4) is 0 Å². The summed E-state index contributed by atoms with van der Waals surface area (Å²) in [4.78, 5) is 4.45. The van der Waals surface area contributed by atoms with Gasteiger partial charge < -0.3 is 10.5 Å². The van der Waals surface area contributed by atoms with Gasteiger partial charge in [-0.15, -0.1) is 11.3 Å². The van der Waals surface area contributed by atoms with Gasteiger partial charge in [0, 0.05) is 11.1 Å². The zero-order valence-electron chi connectivity index (χ0n) is 10.9. The van der Waals surface area contributed by atoms with Crippen molar-refractivity contribution in [2.45, 2.75) is 13.5 Å². The van der Waals surface area contributed by atoms with Crippen LogP contribution in [0.5, 0.6) is 5.75 Å². The second-order valence-electron chi connectivity index (χ2n) is 4.51. The highest BCUT2D eigenvalue weighted by atomic mass is 35.5. The highest BCUT2D eigenvalue weighted by Crippen LogP contribution is 2.31. The molecule has 0 fully saturated rings. The quantitative estimate of drug-likeness (QED) is 0.729. The van der Waals surface area contributed by atoms with Gasteiger partial charge in [0.1, 0.15) is 12.4 Å². The van der Waals surface area contributed by atoms with Gasteiger partial charge in [0.2, 0.25) is 0 Å². The first-order valence-electron chi connectivity index (χ1n) is 6.16. The lowest BCUT2D eigenvalue weighted by molar-refractivity contribution is 0.308. The Morgan fingerprint density at radius 1 is 1.25 bits per heavy atom. The Labute approximate surface area is 126 Å². The summed E-state index contributed by atoms with van der Waals surface area (Å²) in [5.74, 6) is 0.665. The average molecular weight is 305 g/mol. The smallest absolute Gasteiger partial charge is 0.144 e. The summed E-state index contributed by atoms with van der Waals surface area (Å²) in [7, 11) is 0. The third-order valence-electron chi connectivity index (χ3n) is 2.93. The molecule has 2 N–H and O–H groups in total. The Hall–Kier alpha value is -1.78. The van der Waals surface area contributed by atoms with Gasteiger partial charge in [0.25, 0.3) is 0 Å². The number of hydrogen-bond donors (Lipinski definition) is 1. The highest BCUT2D eigenvalue weighted by Gasteiger charge is 2.07. The molecule has 0 saturated carbocycles. The largest absolute Gasteiger partial charge is 0.487 e. The van der Waals surface area contributed by atoms with Crippen molar-refractivity contribution in [3.63, 3.8) is 0 Å². The van der Waals surface area contributed by atoms with E-state index in [1.807, 2.05) is 43.3 Å². The number of halogens is 1. The summed E-state index contributed by atoms with van der Waals surface area (Å²) < 4.78 is 6.86. The van der Waals surface area contributed by atoms with Crippen LogP contribution in [0.4, 0.5) is 5.69 Å².